The Morgan fingerprint density at radius 1 is 0.875 bits per heavy atom. The molecule has 0 radical (unpaired) electrons. The van der Waals surface area contributed by atoms with E-state index in [1.54, 1.807) is 34.1 Å². The first-order valence-electron chi connectivity index (χ1n) is 7.70. The van der Waals surface area contributed by atoms with Crippen molar-refractivity contribution in [2.24, 2.45) is 0 Å². The average Bonchev–Trinajstić information content (AvgIpc) is 2.62. The highest BCUT2D eigenvalue weighted by Gasteiger charge is 2.26. The number of para-hydroxylation sites is 1. The number of carbonyl (C=O) groups is 2. The first kappa shape index (κ1) is 16.5. The Morgan fingerprint density at radius 2 is 1.54 bits per heavy atom. The number of benzene rings is 2. The van der Waals surface area contributed by atoms with Gasteiger partial charge < -0.3 is 14.5 Å². The molecule has 124 valence electrons. The first-order valence-corrected chi connectivity index (χ1v) is 8.49. The first-order chi connectivity index (χ1) is 11.6. The van der Waals surface area contributed by atoms with E-state index < -0.39 is 0 Å². The van der Waals surface area contributed by atoms with Gasteiger partial charge in [0.1, 0.15) is 5.75 Å². The maximum absolute atomic E-state index is 12.5. The lowest BCUT2D eigenvalue weighted by Crippen LogP contribution is -2.51. The topological polar surface area (TPSA) is 49.9 Å². The molecule has 5 nitrogen and oxygen atoms in total. The zero-order chi connectivity index (χ0) is 16.9. The Balaban J connectivity index is 1.55. The van der Waals surface area contributed by atoms with Gasteiger partial charge in [-0.1, -0.05) is 40.2 Å². The van der Waals surface area contributed by atoms with Crippen LogP contribution in [0.3, 0.4) is 0 Å². The monoisotopic (exact) mass is 388 g/mol. The number of halogens is 1. The Labute approximate surface area is 148 Å². The summed E-state index contributed by atoms with van der Waals surface area (Å²) in [4.78, 5) is 28.0. The molecule has 2 amide bonds. The summed E-state index contributed by atoms with van der Waals surface area (Å²) < 4.78 is 6.20. The van der Waals surface area contributed by atoms with Crippen LogP contribution in [0, 0.1) is 0 Å². The van der Waals surface area contributed by atoms with E-state index >= 15 is 0 Å². The molecule has 0 unspecified atom stereocenters. The van der Waals surface area contributed by atoms with Gasteiger partial charge in [0.25, 0.3) is 5.91 Å². The molecule has 24 heavy (non-hydrogen) atoms. The zero-order valence-electron chi connectivity index (χ0n) is 13.0. The van der Waals surface area contributed by atoms with E-state index in [-0.39, 0.29) is 12.0 Å². The SMILES string of the molecule is O=C(Oc1ccccc1)N1CCN(C(=O)c2cccc(Br)c2)CC1. The molecule has 1 heterocycles. The Bertz CT molecular complexity index is 728. The van der Waals surface area contributed by atoms with Gasteiger partial charge >= 0.3 is 6.09 Å². The van der Waals surface area contributed by atoms with E-state index in [1.165, 1.54) is 0 Å². The summed E-state index contributed by atoms with van der Waals surface area (Å²) in [5.41, 5.74) is 0.643. The van der Waals surface area contributed by atoms with Crippen molar-refractivity contribution in [1.29, 1.82) is 0 Å². The third kappa shape index (κ3) is 3.94. The molecule has 0 bridgehead atoms. The molecule has 0 N–H and O–H groups in total. The summed E-state index contributed by atoms with van der Waals surface area (Å²) in [6.45, 7) is 1.92. The van der Waals surface area contributed by atoms with E-state index in [2.05, 4.69) is 15.9 Å². The van der Waals surface area contributed by atoms with Crippen LogP contribution >= 0.6 is 15.9 Å². The standard InChI is InChI=1S/C18H17BrN2O3/c19-15-6-4-5-14(13-15)17(22)20-9-11-21(12-10-20)18(23)24-16-7-2-1-3-8-16/h1-8,13H,9-12H2. The average molecular weight is 389 g/mol. The summed E-state index contributed by atoms with van der Waals surface area (Å²) >= 11 is 3.37. The number of nitrogens with zero attached hydrogens (tertiary/aromatic N) is 2. The number of rotatable bonds is 2. The molecule has 6 heteroatoms. The van der Waals surface area contributed by atoms with Gasteiger partial charge in [0.05, 0.1) is 0 Å². The van der Waals surface area contributed by atoms with Crippen molar-refractivity contribution in [2.75, 3.05) is 26.2 Å². The highest BCUT2D eigenvalue weighted by atomic mass is 79.9. The highest BCUT2D eigenvalue weighted by Crippen LogP contribution is 2.16. The molecule has 2 aromatic rings. The smallest absolute Gasteiger partial charge is 0.410 e. The second-order valence-electron chi connectivity index (χ2n) is 5.47. The lowest BCUT2D eigenvalue weighted by atomic mass is 10.2. The molecule has 0 saturated carbocycles. The zero-order valence-corrected chi connectivity index (χ0v) is 14.6. The van der Waals surface area contributed by atoms with Crippen LogP contribution in [0.15, 0.2) is 59.1 Å². The molecule has 0 aromatic heterocycles. The normalized spacial score (nSPS) is 14.4. The third-order valence-electron chi connectivity index (χ3n) is 3.85. The minimum absolute atomic E-state index is 0.0209. The van der Waals surface area contributed by atoms with Crippen LogP contribution in [0.1, 0.15) is 10.4 Å². The van der Waals surface area contributed by atoms with Crippen LogP contribution in [-0.4, -0.2) is 48.0 Å². The van der Waals surface area contributed by atoms with E-state index in [9.17, 15) is 9.59 Å². The minimum Gasteiger partial charge on any atom is -0.410 e. The molecular formula is C18H17BrN2O3. The predicted molar refractivity (Wildman–Crippen MR) is 94.1 cm³/mol. The lowest BCUT2D eigenvalue weighted by Gasteiger charge is -2.34. The van der Waals surface area contributed by atoms with E-state index in [4.69, 9.17) is 4.74 Å². The van der Waals surface area contributed by atoms with Crippen molar-refractivity contribution in [3.63, 3.8) is 0 Å². The minimum atomic E-state index is -0.379. The molecule has 2 aromatic carbocycles. The van der Waals surface area contributed by atoms with Crippen LogP contribution in [0.4, 0.5) is 4.79 Å². The van der Waals surface area contributed by atoms with Crippen LogP contribution in [0.5, 0.6) is 5.75 Å². The summed E-state index contributed by atoms with van der Waals surface area (Å²) in [6.07, 6.45) is -0.379. The maximum atomic E-state index is 12.5. The third-order valence-corrected chi connectivity index (χ3v) is 4.34. The van der Waals surface area contributed by atoms with Crippen LogP contribution in [-0.2, 0) is 0 Å². The van der Waals surface area contributed by atoms with Gasteiger partial charge in [-0.15, -0.1) is 0 Å². The van der Waals surface area contributed by atoms with Crippen molar-refractivity contribution >= 4 is 27.9 Å². The number of amides is 2. The predicted octanol–water partition coefficient (Wildman–Crippen LogP) is 3.41. The van der Waals surface area contributed by atoms with Gasteiger partial charge in [-0.05, 0) is 30.3 Å². The highest BCUT2D eigenvalue weighted by molar-refractivity contribution is 9.10. The lowest BCUT2D eigenvalue weighted by molar-refractivity contribution is 0.0633. The maximum Gasteiger partial charge on any atom is 0.415 e. The fourth-order valence-corrected chi connectivity index (χ4v) is 2.95. The Hall–Kier alpha value is -2.34. The van der Waals surface area contributed by atoms with E-state index in [1.807, 2.05) is 30.3 Å². The van der Waals surface area contributed by atoms with Gasteiger partial charge in [-0.25, -0.2) is 4.79 Å². The Morgan fingerprint density at radius 3 is 2.21 bits per heavy atom. The van der Waals surface area contributed by atoms with Gasteiger partial charge in [-0.2, -0.15) is 0 Å². The number of hydrogen-bond acceptors (Lipinski definition) is 3. The van der Waals surface area contributed by atoms with Crippen molar-refractivity contribution in [3.05, 3.63) is 64.6 Å². The molecule has 1 fully saturated rings. The van der Waals surface area contributed by atoms with Crippen LogP contribution in [0.2, 0.25) is 0 Å². The molecule has 3 rings (SSSR count). The van der Waals surface area contributed by atoms with E-state index in [0.29, 0.717) is 37.5 Å². The van der Waals surface area contributed by atoms with Gasteiger partial charge in [0.2, 0.25) is 0 Å². The van der Waals surface area contributed by atoms with Crippen molar-refractivity contribution < 1.29 is 14.3 Å². The van der Waals surface area contributed by atoms with Gasteiger partial charge in [0.15, 0.2) is 0 Å². The van der Waals surface area contributed by atoms with Crippen molar-refractivity contribution in [2.45, 2.75) is 0 Å². The van der Waals surface area contributed by atoms with E-state index in [0.717, 1.165) is 4.47 Å². The van der Waals surface area contributed by atoms with Crippen LogP contribution in [0.25, 0.3) is 0 Å². The number of hydrogen-bond donors (Lipinski definition) is 0. The largest absolute Gasteiger partial charge is 0.415 e. The molecule has 1 aliphatic heterocycles. The summed E-state index contributed by atoms with van der Waals surface area (Å²) in [5, 5.41) is 0. The second-order valence-corrected chi connectivity index (χ2v) is 6.39. The number of ether oxygens (including phenoxy) is 1. The number of piperazine rings is 1. The number of carbonyl (C=O) groups excluding carboxylic acids is 2. The molecular weight excluding hydrogens is 372 g/mol. The van der Waals surface area contributed by atoms with Crippen LogP contribution < -0.4 is 4.74 Å². The van der Waals surface area contributed by atoms with Gasteiger partial charge in [-0.3, -0.25) is 4.79 Å². The summed E-state index contributed by atoms with van der Waals surface area (Å²) in [7, 11) is 0. The molecule has 0 aliphatic carbocycles. The molecule has 0 spiro atoms. The quantitative estimate of drug-likeness (QED) is 0.791. The second kappa shape index (κ2) is 7.49. The Kier molecular flexibility index (Phi) is 5.15. The van der Waals surface area contributed by atoms with Gasteiger partial charge in [0, 0.05) is 36.2 Å². The van der Waals surface area contributed by atoms with Crippen molar-refractivity contribution in [3.8, 4) is 5.75 Å². The molecule has 1 aliphatic rings. The molecule has 0 atom stereocenters. The fraction of sp³-hybridized carbons (Fsp3) is 0.222. The summed E-state index contributed by atoms with van der Waals surface area (Å²) in [6, 6.07) is 16.3. The fourth-order valence-electron chi connectivity index (χ4n) is 2.55. The summed E-state index contributed by atoms with van der Waals surface area (Å²) in [5.74, 6) is 0.502. The molecule has 1 saturated heterocycles. The van der Waals surface area contributed by atoms with Crippen molar-refractivity contribution in [1.82, 2.24) is 9.80 Å².